The molecule has 1 aromatic heterocycles. The molecule has 0 aliphatic rings. The predicted molar refractivity (Wildman–Crippen MR) is 103 cm³/mol. The van der Waals surface area contributed by atoms with E-state index in [1.807, 2.05) is 6.07 Å². The Morgan fingerprint density at radius 3 is 2.69 bits per heavy atom. The fourth-order valence-electron chi connectivity index (χ4n) is 2.28. The van der Waals surface area contributed by atoms with Crippen molar-refractivity contribution in [1.82, 2.24) is 9.97 Å². The van der Waals surface area contributed by atoms with Crippen LogP contribution in [0.5, 0.6) is 17.5 Å². The number of aromatic nitrogens is 2. The van der Waals surface area contributed by atoms with Crippen LogP contribution in [0, 0.1) is 34.3 Å². The van der Waals surface area contributed by atoms with Gasteiger partial charge in [-0.25, -0.2) is 0 Å². The van der Waals surface area contributed by atoms with E-state index in [9.17, 15) is 14.9 Å². The highest BCUT2D eigenvalue weighted by Gasteiger charge is 2.29. The molecular weight excluding hydrogens is 400 g/mol. The lowest BCUT2D eigenvalue weighted by atomic mass is 10.1. The quantitative estimate of drug-likeness (QED) is 0.277. The third-order valence-electron chi connectivity index (χ3n) is 3.72. The Kier molecular flexibility index (Phi) is 7.33. The highest BCUT2D eigenvalue weighted by molar-refractivity contribution is 7.98. The first-order valence-electron chi connectivity index (χ1n) is 8.38. The number of aliphatic carboxylic acids is 1. The highest BCUT2D eigenvalue weighted by atomic mass is 32.2. The van der Waals surface area contributed by atoms with Crippen LogP contribution < -0.4 is 9.47 Å². The van der Waals surface area contributed by atoms with Gasteiger partial charge in [-0.15, -0.1) is 0 Å². The maximum atomic E-state index is 11.7. The van der Waals surface area contributed by atoms with Crippen molar-refractivity contribution in [3.05, 3.63) is 39.4 Å². The number of nitrogens with zero attached hydrogens (tertiary/aromatic N) is 4. The highest BCUT2D eigenvalue weighted by Crippen LogP contribution is 2.39. The van der Waals surface area contributed by atoms with Gasteiger partial charge in [0, 0.05) is 5.92 Å². The lowest BCUT2D eigenvalue weighted by Gasteiger charge is -2.13. The number of nitro groups is 1. The molecule has 0 amide bonds. The van der Waals surface area contributed by atoms with Gasteiger partial charge in [-0.3, -0.25) is 14.9 Å². The van der Waals surface area contributed by atoms with Gasteiger partial charge in [-0.05, 0) is 30.9 Å². The minimum absolute atomic E-state index is 0.0830. The van der Waals surface area contributed by atoms with Crippen LogP contribution in [0.3, 0.4) is 0 Å². The van der Waals surface area contributed by atoms with Gasteiger partial charge in [0.15, 0.2) is 5.16 Å². The standard InChI is InChI=1S/C18H18N4O6S/c1-10(6-14(23)24)9-27-16-15(22(25)26)17(21-18(20-16)29-3)28-13-7-12(8-19)5-4-11(13)2/h4-5,7,10H,6,9H2,1-3H3,(H,23,24). The average Bonchev–Trinajstić information content (AvgIpc) is 2.66. The molecule has 0 aliphatic carbocycles. The first kappa shape index (κ1) is 21.9. The molecule has 0 spiro atoms. The zero-order valence-corrected chi connectivity index (χ0v) is 16.7. The van der Waals surface area contributed by atoms with E-state index >= 15 is 0 Å². The molecule has 0 radical (unpaired) electrons. The van der Waals surface area contributed by atoms with Crippen LogP contribution in [0.15, 0.2) is 23.4 Å². The molecule has 2 aromatic rings. The summed E-state index contributed by atoms with van der Waals surface area (Å²) >= 11 is 1.13. The minimum atomic E-state index is -1.00. The van der Waals surface area contributed by atoms with Crippen LogP contribution >= 0.6 is 11.8 Å². The molecule has 1 atom stereocenters. The molecule has 0 saturated carbocycles. The lowest BCUT2D eigenvalue weighted by Crippen LogP contribution is -2.15. The zero-order valence-electron chi connectivity index (χ0n) is 15.9. The van der Waals surface area contributed by atoms with Gasteiger partial charge < -0.3 is 14.6 Å². The number of carbonyl (C=O) groups is 1. The topological polar surface area (TPSA) is 148 Å². The SMILES string of the molecule is CSc1nc(OCC(C)CC(=O)O)c([N+](=O)[O-])c(Oc2cc(C#N)ccc2C)n1. The summed E-state index contributed by atoms with van der Waals surface area (Å²) in [5.74, 6) is -1.79. The number of ether oxygens (including phenoxy) is 2. The molecule has 152 valence electrons. The molecule has 1 unspecified atom stereocenters. The zero-order chi connectivity index (χ0) is 21.6. The second-order valence-corrected chi connectivity index (χ2v) is 6.91. The number of aryl methyl sites for hydroxylation is 1. The van der Waals surface area contributed by atoms with Crippen LogP contribution in [-0.2, 0) is 4.79 Å². The Labute approximate surface area is 170 Å². The average molecular weight is 418 g/mol. The monoisotopic (exact) mass is 418 g/mol. The smallest absolute Gasteiger partial charge is 0.392 e. The fraction of sp³-hybridized carbons (Fsp3) is 0.333. The molecule has 29 heavy (non-hydrogen) atoms. The van der Waals surface area contributed by atoms with Crippen LogP contribution in [-0.4, -0.2) is 38.8 Å². The number of hydrogen-bond donors (Lipinski definition) is 1. The molecule has 1 N–H and O–H groups in total. The third kappa shape index (κ3) is 5.79. The van der Waals surface area contributed by atoms with Crippen molar-refractivity contribution < 1.29 is 24.3 Å². The molecule has 1 heterocycles. The van der Waals surface area contributed by atoms with E-state index in [2.05, 4.69) is 9.97 Å². The van der Waals surface area contributed by atoms with Gasteiger partial charge in [0.1, 0.15) is 5.75 Å². The number of thioether (sulfide) groups is 1. The van der Waals surface area contributed by atoms with Gasteiger partial charge in [0.2, 0.25) is 0 Å². The van der Waals surface area contributed by atoms with Gasteiger partial charge in [-0.1, -0.05) is 24.8 Å². The van der Waals surface area contributed by atoms with E-state index in [-0.39, 0.29) is 35.7 Å². The molecule has 0 bridgehead atoms. The summed E-state index contributed by atoms with van der Waals surface area (Å²) in [6, 6.07) is 6.68. The number of rotatable bonds is 9. The largest absolute Gasteiger partial charge is 0.481 e. The second kappa shape index (κ2) is 9.70. The summed E-state index contributed by atoms with van der Waals surface area (Å²) in [6.45, 7) is 3.29. The van der Waals surface area contributed by atoms with Crippen molar-refractivity contribution in [3.8, 4) is 23.6 Å². The molecule has 11 heteroatoms. The molecule has 1 aromatic carbocycles. The van der Waals surface area contributed by atoms with Crippen molar-refractivity contribution in [2.24, 2.45) is 5.92 Å². The maximum absolute atomic E-state index is 11.7. The Morgan fingerprint density at radius 1 is 1.41 bits per heavy atom. The normalized spacial score (nSPS) is 11.4. The van der Waals surface area contributed by atoms with E-state index in [1.165, 1.54) is 6.07 Å². The van der Waals surface area contributed by atoms with Gasteiger partial charge in [0.25, 0.3) is 0 Å². The van der Waals surface area contributed by atoms with Crippen molar-refractivity contribution in [2.75, 3.05) is 12.9 Å². The lowest BCUT2D eigenvalue weighted by molar-refractivity contribution is -0.387. The molecular formula is C18H18N4O6S. The molecule has 0 aliphatic heterocycles. The summed E-state index contributed by atoms with van der Waals surface area (Å²) in [7, 11) is 0. The van der Waals surface area contributed by atoms with E-state index in [0.29, 0.717) is 11.1 Å². The molecule has 0 fully saturated rings. The number of carboxylic acid groups (broad SMARTS) is 1. The van der Waals surface area contributed by atoms with Crippen LogP contribution in [0.4, 0.5) is 5.69 Å². The van der Waals surface area contributed by atoms with Crippen LogP contribution in [0.1, 0.15) is 24.5 Å². The maximum Gasteiger partial charge on any atom is 0.392 e. The Bertz CT molecular complexity index is 976. The Morgan fingerprint density at radius 2 is 2.10 bits per heavy atom. The first-order valence-corrected chi connectivity index (χ1v) is 9.61. The number of carboxylic acids is 1. The fourth-order valence-corrected chi connectivity index (χ4v) is 2.63. The van der Waals surface area contributed by atoms with Crippen molar-refractivity contribution in [3.63, 3.8) is 0 Å². The number of benzene rings is 1. The predicted octanol–water partition coefficient (Wildman–Crippen LogP) is 3.57. The third-order valence-corrected chi connectivity index (χ3v) is 4.26. The van der Waals surface area contributed by atoms with Crippen LogP contribution in [0.25, 0.3) is 0 Å². The Balaban J connectivity index is 2.45. The van der Waals surface area contributed by atoms with Crippen molar-refractivity contribution in [2.45, 2.75) is 25.4 Å². The van der Waals surface area contributed by atoms with E-state index < -0.39 is 22.5 Å². The molecule has 0 saturated heterocycles. The van der Waals surface area contributed by atoms with E-state index in [4.69, 9.17) is 19.8 Å². The van der Waals surface area contributed by atoms with Gasteiger partial charge >= 0.3 is 23.4 Å². The van der Waals surface area contributed by atoms with Crippen molar-refractivity contribution >= 4 is 23.4 Å². The summed E-state index contributed by atoms with van der Waals surface area (Å²) in [5.41, 5.74) is 0.401. The van der Waals surface area contributed by atoms with Gasteiger partial charge in [0.05, 0.1) is 29.6 Å². The summed E-state index contributed by atoms with van der Waals surface area (Å²) < 4.78 is 11.1. The molecule has 10 nitrogen and oxygen atoms in total. The van der Waals surface area contributed by atoms with Gasteiger partial charge in [-0.2, -0.15) is 15.2 Å². The van der Waals surface area contributed by atoms with E-state index in [0.717, 1.165) is 11.8 Å². The number of hydrogen-bond acceptors (Lipinski definition) is 9. The number of nitriles is 1. The Hall–Kier alpha value is -3.39. The summed E-state index contributed by atoms with van der Waals surface area (Å²) in [4.78, 5) is 29.9. The first-order chi connectivity index (χ1) is 13.7. The summed E-state index contributed by atoms with van der Waals surface area (Å²) in [5, 5.41) is 29.8. The minimum Gasteiger partial charge on any atom is -0.481 e. The van der Waals surface area contributed by atoms with Crippen LogP contribution in [0.2, 0.25) is 0 Å². The second-order valence-electron chi connectivity index (χ2n) is 6.13. The molecule has 2 rings (SSSR count). The van der Waals surface area contributed by atoms with Crippen molar-refractivity contribution in [1.29, 1.82) is 5.26 Å². The summed E-state index contributed by atoms with van der Waals surface area (Å²) in [6.07, 6.45) is 1.53. The van der Waals surface area contributed by atoms with E-state index in [1.54, 1.807) is 32.2 Å².